The average molecular weight is 501 g/mol. The number of carbonyl (C=O) groups is 4. The van der Waals surface area contributed by atoms with Crippen molar-refractivity contribution in [2.24, 2.45) is 22.1 Å². The summed E-state index contributed by atoms with van der Waals surface area (Å²) in [6.45, 7) is 9.31. The van der Waals surface area contributed by atoms with Crippen molar-refractivity contribution in [1.29, 1.82) is 0 Å². The van der Waals surface area contributed by atoms with E-state index in [1.807, 2.05) is 51.1 Å². The van der Waals surface area contributed by atoms with Crippen LogP contribution in [0.4, 0.5) is 0 Å². The molecule has 1 heterocycles. The molecule has 0 spiro atoms. The zero-order chi connectivity index (χ0) is 26.7. The first-order valence-corrected chi connectivity index (χ1v) is 12.9. The lowest BCUT2D eigenvalue weighted by atomic mass is 9.94. The van der Waals surface area contributed by atoms with Crippen LogP contribution in [0.15, 0.2) is 40.6 Å². The number of nitrogens with one attached hydrogen (secondary N) is 2. The van der Waals surface area contributed by atoms with Gasteiger partial charge in [-0.3, -0.25) is 14.4 Å². The number of cyclic esters (lactones) is 1. The highest BCUT2D eigenvalue weighted by Gasteiger charge is 2.34. The Morgan fingerprint density at radius 2 is 1.69 bits per heavy atom. The number of benzene rings is 1. The molecule has 0 unspecified atom stereocenters. The predicted octanol–water partition coefficient (Wildman–Crippen LogP) is 3.75. The summed E-state index contributed by atoms with van der Waals surface area (Å²) in [5.41, 5.74) is 0.846. The minimum atomic E-state index is -0.988. The van der Waals surface area contributed by atoms with Gasteiger partial charge in [-0.25, -0.2) is 4.79 Å². The Labute approximate surface area is 213 Å². The van der Waals surface area contributed by atoms with Gasteiger partial charge >= 0.3 is 5.97 Å². The van der Waals surface area contributed by atoms with Crippen LogP contribution in [0.3, 0.4) is 0 Å². The molecule has 0 bridgehead atoms. The van der Waals surface area contributed by atoms with Gasteiger partial charge in [0.1, 0.15) is 18.2 Å². The smallest absolute Gasteiger partial charge is 0.329 e. The number of esters is 1. The van der Waals surface area contributed by atoms with Crippen LogP contribution < -0.4 is 10.6 Å². The fourth-order valence-corrected chi connectivity index (χ4v) is 3.99. The molecule has 1 aliphatic rings. The van der Waals surface area contributed by atoms with Crippen molar-refractivity contribution in [3.8, 4) is 0 Å². The number of ether oxygens (including phenoxy) is 1. The lowest BCUT2D eigenvalue weighted by Gasteiger charge is -2.29. The lowest BCUT2D eigenvalue weighted by molar-refractivity contribution is -0.158. The standard InChI is InChI=1S/C27H40N4O5/c1-6-8-12-18(4)22-16-23(32)31-30-21(15-20-13-10-9-11-14-20)26(34)28-19(5)25(33)29-24(17(3)7-2)27(35)36-22/h9-11,13-14,17-19,21-22,24H,6-8,12,15-16H2,1-5H3,(H,28,34)(H,29,33)/t17-,18-,19-,21-,22-,24+/m0/s1. The topological polar surface area (TPSA) is 126 Å². The first-order valence-electron chi connectivity index (χ1n) is 12.9. The highest BCUT2D eigenvalue weighted by Crippen LogP contribution is 2.22. The summed E-state index contributed by atoms with van der Waals surface area (Å²) in [6.07, 6.45) is 2.67. The number of amides is 3. The van der Waals surface area contributed by atoms with Crippen LogP contribution in [0.5, 0.6) is 0 Å². The maximum absolute atomic E-state index is 13.2. The SMILES string of the molecule is CCCC[C@H](C)[C@@H]1CC(=O)N=N[C@@H](Cc2ccccc2)C(=O)N[C@@H](C)C(=O)N[C@H]([C@@H](C)CC)C(=O)O1. The summed E-state index contributed by atoms with van der Waals surface area (Å²) in [6, 6.07) is 6.45. The molecule has 2 rings (SSSR count). The van der Waals surface area contributed by atoms with Gasteiger partial charge in [-0.1, -0.05) is 77.3 Å². The Bertz CT molecular complexity index is 920. The molecule has 9 heteroatoms. The van der Waals surface area contributed by atoms with Gasteiger partial charge in [0.15, 0.2) is 6.04 Å². The van der Waals surface area contributed by atoms with Crippen molar-refractivity contribution in [3.05, 3.63) is 35.9 Å². The monoisotopic (exact) mass is 500 g/mol. The number of unbranched alkanes of at least 4 members (excludes halogenated alkanes) is 1. The Morgan fingerprint density at radius 1 is 1.00 bits per heavy atom. The van der Waals surface area contributed by atoms with Gasteiger partial charge in [0.25, 0.3) is 5.91 Å². The van der Waals surface area contributed by atoms with E-state index >= 15 is 0 Å². The molecule has 1 aromatic rings. The van der Waals surface area contributed by atoms with Crippen LogP contribution >= 0.6 is 0 Å². The van der Waals surface area contributed by atoms with Gasteiger partial charge in [0.2, 0.25) is 11.8 Å². The second-order valence-corrected chi connectivity index (χ2v) is 9.72. The molecule has 6 atom stereocenters. The Balaban J connectivity index is 2.40. The fourth-order valence-electron chi connectivity index (χ4n) is 3.99. The van der Waals surface area contributed by atoms with Crippen LogP contribution in [0, 0.1) is 11.8 Å². The number of rotatable bonds is 8. The first kappa shape index (κ1) is 29.1. The van der Waals surface area contributed by atoms with E-state index in [2.05, 4.69) is 27.8 Å². The molecule has 0 aliphatic carbocycles. The van der Waals surface area contributed by atoms with Crippen molar-refractivity contribution in [2.75, 3.05) is 0 Å². The Kier molecular flexibility index (Phi) is 11.7. The Hall–Kier alpha value is -3.10. The normalized spacial score (nSPS) is 25.8. The third-order valence-corrected chi connectivity index (χ3v) is 6.69. The summed E-state index contributed by atoms with van der Waals surface area (Å²) in [7, 11) is 0. The van der Waals surface area contributed by atoms with E-state index in [4.69, 9.17) is 4.74 Å². The number of nitrogens with zero attached hydrogens (tertiary/aromatic N) is 2. The second-order valence-electron chi connectivity index (χ2n) is 9.72. The van der Waals surface area contributed by atoms with E-state index in [1.165, 1.54) is 6.92 Å². The zero-order valence-electron chi connectivity index (χ0n) is 22.0. The van der Waals surface area contributed by atoms with Crippen molar-refractivity contribution < 1.29 is 23.9 Å². The highest BCUT2D eigenvalue weighted by atomic mass is 16.5. The highest BCUT2D eigenvalue weighted by molar-refractivity contribution is 5.92. The summed E-state index contributed by atoms with van der Waals surface area (Å²) in [5.74, 6) is -2.46. The number of azo groups is 1. The molecular weight excluding hydrogens is 460 g/mol. The summed E-state index contributed by atoms with van der Waals surface area (Å²) < 4.78 is 5.82. The molecule has 2 N–H and O–H groups in total. The quantitative estimate of drug-likeness (QED) is 0.526. The molecule has 9 nitrogen and oxygen atoms in total. The minimum absolute atomic E-state index is 0.0865. The molecule has 0 saturated carbocycles. The Morgan fingerprint density at radius 3 is 2.33 bits per heavy atom. The van der Waals surface area contributed by atoms with E-state index in [0.717, 1.165) is 24.8 Å². The maximum atomic E-state index is 13.2. The average Bonchev–Trinajstić information content (AvgIpc) is 2.86. The van der Waals surface area contributed by atoms with Crippen LogP contribution in [0.1, 0.15) is 72.3 Å². The predicted molar refractivity (Wildman–Crippen MR) is 136 cm³/mol. The van der Waals surface area contributed by atoms with E-state index in [1.54, 1.807) is 0 Å². The molecule has 3 amide bonds. The molecule has 198 valence electrons. The van der Waals surface area contributed by atoms with E-state index in [-0.39, 0.29) is 24.7 Å². The van der Waals surface area contributed by atoms with E-state index in [9.17, 15) is 19.2 Å². The van der Waals surface area contributed by atoms with Crippen molar-refractivity contribution in [1.82, 2.24) is 10.6 Å². The second kappa shape index (κ2) is 14.5. The van der Waals surface area contributed by atoms with E-state index in [0.29, 0.717) is 6.42 Å². The molecule has 0 fully saturated rings. The van der Waals surface area contributed by atoms with E-state index < -0.39 is 47.9 Å². The number of hydrogen-bond donors (Lipinski definition) is 2. The minimum Gasteiger partial charge on any atom is -0.460 e. The lowest BCUT2D eigenvalue weighted by Crippen LogP contribution is -2.54. The molecule has 0 saturated heterocycles. The third kappa shape index (κ3) is 8.84. The van der Waals surface area contributed by atoms with Crippen LogP contribution in [-0.4, -0.2) is 47.9 Å². The third-order valence-electron chi connectivity index (χ3n) is 6.69. The van der Waals surface area contributed by atoms with Gasteiger partial charge < -0.3 is 15.4 Å². The zero-order valence-corrected chi connectivity index (χ0v) is 22.0. The van der Waals surface area contributed by atoms with Crippen LogP contribution in [0.25, 0.3) is 0 Å². The molecule has 1 aliphatic heterocycles. The van der Waals surface area contributed by atoms with Gasteiger partial charge in [-0.05, 0) is 30.7 Å². The maximum Gasteiger partial charge on any atom is 0.329 e. The summed E-state index contributed by atoms with van der Waals surface area (Å²) >= 11 is 0. The van der Waals surface area contributed by atoms with Gasteiger partial charge in [0.05, 0.1) is 6.42 Å². The fraction of sp³-hybridized carbons (Fsp3) is 0.630. The largest absolute Gasteiger partial charge is 0.460 e. The first-order chi connectivity index (χ1) is 17.2. The van der Waals surface area contributed by atoms with Crippen LogP contribution in [0.2, 0.25) is 0 Å². The molecular formula is C27H40N4O5. The summed E-state index contributed by atoms with van der Waals surface area (Å²) in [5, 5.41) is 13.3. The molecule has 1 aromatic carbocycles. The van der Waals surface area contributed by atoms with Crippen molar-refractivity contribution >= 4 is 23.7 Å². The van der Waals surface area contributed by atoms with Crippen molar-refractivity contribution in [2.45, 2.75) is 97.4 Å². The molecule has 0 radical (unpaired) electrons. The number of carbonyl (C=O) groups excluding carboxylic acids is 4. The number of hydrogen-bond acceptors (Lipinski definition) is 6. The van der Waals surface area contributed by atoms with Crippen LogP contribution in [-0.2, 0) is 30.3 Å². The van der Waals surface area contributed by atoms with Crippen molar-refractivity contribution in [3.63, 3.8) is 0 Å². The molecule has 0 aromatic heterocycles. The summed E-state index contributed by atoms with van der Waals surface area (Å²) in [4.78, 5) is 51.9. The van der Waals surface area contributed by atoms with Gasteiger partial charge in [0, 0.05) is 6.42 Å². The van der Waals surface area contributed by atoms with Gasteiger partial charge in [-0.15, -0.1) is 5.11 Å². The van der Waals surface area contributed by atoms with Gasteiger partial charge in [-0.2, -0.15) is 5.11 Å². The molecule has 36 heavy (non-hydrogen) atoms.